The van der Waals surface area contributed by atoms with Gasteiger partial charge in [-0.1, -0.05) is 26.0 Å². The first kappa shape index (κ1) is 14.0. The van der Waals surface area contributed by atoms with Gasteiger partial charge in [0, 0.05) is 12.6 Å². The van der Waals surface area contributed by atoms with Gasteiger partial charge in [0.25, 0.3) is 0 Å². The molecular weight excluding hydrogens is 210 g/mol. The van der Waals surface area contributed by atoms with E-state index in [0.717, 1.165) is 12.3 Å². The summed E-state index contributed by atoms with van der Waals surface area (Å²) >= 11 is 0. The molecule has 2 nitrogen and oxygen atoms in total. The first-order valence-corrected chi connectivity index (χ1v) is 6.58. The minimum absolute atomic E-state index is 0.650. The lowest BCUT2D eigenvalue weighted by molar-refractivity contribution is 0.195. The Labute approximate surface area is 106 Å². The van der Waals surface area contributed by atoms with Gasteiger partial charge in [-0.25, -0.2) is 0 Å². The number of hydrogen-bond donors (Lipinski definition) is 0. The van der Waals surface area contributed by atoms with Crippen LogP contribution < -0.4 is 4.74 Å². The average Bonchev–Trinajstić information content (AvgIpc) is 2.38. The lowest BCUT2D eigenvalue weighted by Crippen LogP contribution is -2.32. The molecule has 1 atom stereocenters. The predicted molar refractivity (Wildman–Crippen MR) is 73.4 cm³/mol. The van der Waals surface area contributed by atoms with Gasteiger partial charge in [-0.2, -0.15) is 0 Å². The number of ether oxygens (including phenoxy) is 1. The van der Waals surface area contributed by atoms with E-state index in [4.69, 9.17) is 4.74 Å². The second-order valence-corrected chi connectivity index (χ2v) is 4.58. The van der Waals surface area contributed by atoms with E-state index in [1.807, 2.05) is 12.1 Å². The fourth-order valence-electron chi connectivity index (χ4n) is 1.97. The molecule has 0 N–H and O–H groups in total. The highest BCUT2D eigenvalue weighted by atomic mass is 16.5. The lowest BCUT2D eigenvalue weighted by Gasteiger charge is -2.28. The quantitative estimate of drug-likeness (QED) is 0.714. The van der Waals surface area contributed by atoms with E-state index < -0.39 is 0 Å². The summed E-state index contributed by atoms with van der Waals surface area (Å²) in [5, 5.41) is 0. The third-order valence-electron chi connectivity index (χ3n) is 3.27. The molecule has 0 bridgehead atoms. The molecular formula is C15H25NO. The summed E-state index contributed by atoms with van der Waals surface area (Å²) in [6.45, 7) is 9.00. The Hall–Kier alpha value is -1.02. The van der Waals surface area contributed by atoms with Crippen molar-refractivity contribution in [2.24, 2.45) is 0 Å². The Morgan fingerprint density at radius 3 is 2.29 bits per heavy atom. The highest BCUT2D eigenvalue weighted by Gasteiger charge is 2.11. The number of nitrogens with zero attached hydrogens (tertiary/aromatic N) is 1. The first-order valence-electron chi connectivity index (χ1n) is 6.58. The van der Waals surface area contributed by atoms with Crippen LogP contribution in [-0.4, -0.2) is 24.6 Å². The third kappa shape index (κ3) is 4.39. The largest absolute Gasteiger partial charge is 0.497 e. The van der Waals surface area contributed by atoms with Crippen molar-refractivity contribution in [3.8, 4) is 5.75 Å². The number of hydrogen-bond acceptors (Lipinski definition) is 2. The zero-order valence-electron chi connectivity index (χ0n) is 11.6. The van der Waals surface area contributed by atoms with Crippen molar-refractivity contribution >= 4 is 0 Å². The van der Waals surface area contributed by atoms with Crippen LogP contribution in [0.2, 0.25) is 0 Å². The Balaban J connectivity index is 2.64. The van der Waals surface area contributed by atoms with Crippen LogP contribution in [0.25, 0.3) is 0 Å². The Morgan fingerprint density at radius 2 is 1.82 bits per heavy atom. The van der Waals surface area contributed by atoms with Gasteiger partial charge >= 0.3 is 0 Å². The fourth-order valence-corrected chi connectivity index (χ4v) is 1.97. The SMILES string of the molecule is CCCN(Cc1ccc(OC)cc1)C(C)CC. The van der Waals surface area contributed by atoms with Crippen LogP contribution in [0, 0.1) is 0 Å². The van der Waals surface area contributed by atoms with Crippen LogP contribution >= 0.6 is 0 Å². The molecule has 0 aliphatic carbocycles. The second-order valence-electron chi connectivity index (χ2n) is 4.58. The number of benzene rings is 1. The summed E-state index contributed by atoms with van der Waals surface area (Å²) in [7, 11) is 1.71. The molecule has 0 heterocycles. The Kier molecular flexibility index (Phi) is 6.06. The molecule has 0 spiro atoms. The smallest absolute Gasteiger partial charge is 0.118 e. The van der Waals surface area contributed by atoms with Gasteiger partial charge in [0.05, 0.1) is 7.11 Å². The lowest BCUT2D eigenvalue weighted by atomic mass is 10.1. The van der Waals surface area contributed by atoms with E-state index in [9.17, 15) is 0 Å². The second kappa shape index (κ2) is 7.33. The topological polar surface area (TPSA) is 12.5 Å². The van der Waals surface area contributed by atoms with Crippen LogP contribution in [0.1, 0.15) is 39.2 Å². The molecule has 0 aliphatic heterocycles. The van der Waals surface area contributed by atoms with Crippen LogP contribution in [0.15, 0.2) is 24.3 Å². The van der Waals surface area contributed by atoms with Crippen molar-refractivity contribution in [1.29, 1.82) is 0 Å². The van der Waals surface area contributed by atoms with Gasteiger partial charge in [0.15, 0.2) is 0 Å². The van der Waals surface area contributed by atoms with Crippen molar-refractivity contribution in [3.05, 3.63) is 29.8 Å². The molecule has 0 aliphatic rings. The third-order valence-corrected chi connectivity index (χ3v) is 3.27. The minimum atomic E-state index is 0.650. The normalized spacial score (nSPS) is 12.8. The van der Waals surface area contributed by atoms with Gasteiger partial charge in [-0.05, 0) is 44.0 Å². The highest BCUT2D eigenvalue weighted by Crippen LogP contribution is 2.15. The Bertz CT molecular complexity index is 307. The molecule has 1 rings (SSSR count). The van der Waals surface area contributed by atoms with Gasteiger partial charge in [-0.15, -0.1) is 0 Å². The molecule has 17 heavy (non-hydrogen) atoms. The van der Waals surface area contributed by atoms with Crippen molar-refractivity contribution in [3.63, 3.8) is 0 Å². The van der Waals surface area contributed by atoms with E-state index in [1.165, 1.54) is 24.9 Å². The zero-order valence-corrected chi connectivity index (χ0v) is 11.6. The van der Waals surface area contributed by atoms with Crippen LogP contribution in [-0.2, 0) is 6.54 Å². The molecule has 0 aromatic heterocycles. The maximum absolute atomic E-state index is 5.18. The van der Waals surface area contributed by atoms with Crippen molar-refractivity contribution < 1.29 is 4.74 Å². The van der Waals surface area contributed by atoms with E-state index >= 15 is 0 Å². The summed E-state index contributed by atoms with van der Waals surface area (Å²) in [5.74, 6) is 0.930. The van der Waals surface area contributed by atoms with Crippen LogP contribution in [0.3, 0.4) is 0 Å². The molecule has 1 unspecified atom stereocenters. The van der Waals surface area contributed by atoms with Gasteiger partial charge < -0.3 is 4.74 Å². The van der Waals surface area contributed by atoms with Crippen LogP contribution in [0.5, 0.6) is 5.75 Å². The maximum atomic E-state index is 5.18. The first-order chi connectivity index (χ1) is 8.21. The van der Waals surface area contributed by atoms with Crippen molar-refractivity contribution in [2.75, 3.05) is 13.7 Å². The summed E-state index contributed by atoms with van der Waals surface area (Å²) in [4.78, 5) is 2.54. The molecule has 0 saturated heterocycles. The Morgan fingerprint density at radius 1 is 1.18 bits per heavy atom. The van der Waals surface area contributed by atoms with Crippen molar-refractivity contribution in [2.45, 2.75) is 46.2 Å². The summed E-state index contributed by atoms with van der Waals surface area (Å²) in [6.07, 6.45) is 2.41. The van der Waals surface area contributed by atoms with Gasteiger partial charge in [0.2, 0.25) is 0 Å². The summed E-state index contributed by atoms with van der Waals surface area (Å²) in [6, 6.07) is 9.04. The molecule has 0 saturated carbocycles. The summed E-state index contributed by atoms with van der Waals surface area (Å²) in [5.41, 5.74) is 1.36. The van der Waals surface area contributed by atoms with E-state index in [2.05, 4.69) is 37.8 Å². The monoisotopic (exact) mass is 235 g/mol. The number of rotatable bonds is 7. The fraction of sp³-hybridized carbons (Fsp3) is 0.600. The standard InChI is InChI=1S/C15H25NO/c1-5-11-16(13(3)6-2)12-14-7-9-15(17-4)10-8-14/h7-10,13H,5-6,11-12H2,1-4H3. The van der Waals surface area contributed by atoms with E-state index in [1.54, 1.807) is 7.11 Å². The predicted octanol–water partition coefficient (Wildman–Crippen LogP) is 3.71. The molecule has 0 amide bonds. The average molecular weight is 235 g/mol. The van der Waals surface area contributed by atoms with Crippen LogP contribution in [0.4, 0.5) is 0 Å². The highest BCUT2D eigenvalue weighted by molar-refractivity contribution is 5.27. The summed E-state index contributed by atoms with van der Waals surface area (Å²) < 4.78 is 5.18. The molecule has 0 fully saturated rings. The van der Waals surface area contributed by atoms with Gasteiger partial charge in [-0.3, -0.25) is 4.90 Å². The molecule has 1 aromatic carbocycles. The van der Waals surface area contributed by atoms with E-state index in [-0.39, 0.29) is 0 Å². The molecule has 1 aromatic rings. The molecule has 0 radical (unpaired) electrons. The number of methoxy groups -OCH3 is 1. The van der Waals surface area contributed by atoms with E-state index in [0.29, 0.717) is 6.04 Å². The maximum Gasteiger partial charge on any atom is 0.118 e. The van der Waals surface area contributed by atoms with Crippen molar-refractivity contribution in [1.82, 2.24) is 4.90 Å². The zero-order chi connectivity index (χ0) is 12.7. The minimum Gasteiger partial charge on any atom is -0.497 e. The van der Waals surface area contributed by atoms with Gasteiger partial charge in [0.1, 0.15) is 5.75 Å². The molecule has 2 heteroatoms. The molecule has 96 valence electrons.